The van der Waals surface area contributed by atoms with E-state index in [1.165, 1.54) is 0 Å². The molecule has 0 bridgehead atoms. The fraction of sp³-hybridized carbons (Fsp3) is 0.600. The Kier molecular flexibility index (Phi) is 2.52. The van der Waals surface area contributed by atoms with Gasteiger partial charge in [-0.2, -0.15) is 0 Å². The van der Waals surface area contributed by atoms with Gasteiger partial charge in [-0.15, -0.1) is 0 Å². The predicted octanol–water partition coefficient (Wildman–Crippen LogP) is 0.138. The largest absolute Gasteiger partial charge is 0.298 e. The monoisotopic (exact) mass is 82.1 g/mol. The van der Waals surface area contributed by atoms with E-state index in [4.69, 9.17) is 6.42 Å². The van der Waals surface area contributed by atoms with Crippen LogP contribution in [-0.2, 0) is 0 Å². The summed E-state index contributed by atoms with van der Waals surface area (Å²) in [6.07, 6.45) is 6.44. The molecule has 0 unspecified atom stereocenters. The van der Waals surface area contributed by atoms with E-state index in [1.807, 2.05) is 19.0 Å². The Morgan fingerprint density at radius 1 is 1.67 bits per heavy atom. The number of hydrogen-bond acceptors (Lipinski definition) is 1. The van der Waals surface area contributed by atoms with Crippen molar-refractivity contribution < 1.29 is 0 Å². The van der Waals surface area contributed by atoms with Crippen LogP contribution in [0.1, 0.15) is 0 Å². The summed E-state index contributed by atoms with van der Waals surface area (Å²) < 4.78 is 0. The maximum absolute atomic E-state index is 6.44. The third-order valence-corrected chi connectivity index (χ3v) is 0.395. The van der Waals surface area contributed by atoms with Gasteiger partial charge in [-0.3, -0.25) is 4.90 Å². The SMILES string of the molecule is [C]#CCN(C)C. The predicted molar refractivity (Wildman–Crippen MR) is 25.7 cm³/mol. The zero-order valence-corrected chi connectivity index (χ0v) is 4.15. The summed E-state index contributed by atoms with van der Waals surface area (Å²) in [6, 6.07) is 0. The van der Waals surface area contributed by atoms with Gasteiger partial charge in [-0.1, -0.05) is 5.92 Å². The molecule has 0 saturated heterocycles. The molecule has 0 N–H and O–H groups in total. The summed E-state index contributed by atoms with van der Waals surface area (Å²) in [4.78, 5) is 1.88. The summed E-state index contributed by atoms with van der Waals surface area (Å²) in [5, 5.41) is 0. The number of hydrogen-bond donors (Lipinski definition) is 0. The van der Waals surface area contributed by atoms with Crippen LogP contribution in [0.5, 0.6) is 0 Å². The zero-order chi connectivity index (χ0) is 4.99. The van der Waals surface area contributed by atoms with Gasteiger partial charge in [-0.05, 0) is 20.5 Å². The van der Waals surface area contributed by atoms with Crippen molar-refractivity contribution in [3.05, 3.63) is 6.42 Å². The van der Waals surface area contributed by atoms with Crippen molar-refractivity contribution in [3.63, 3.8) is 0 Å². The van der Waals surface area contributed by atoms with Crippen LogP contribution in [0, 0.1) is 12.3 Å². The Morgan fingerprint density at radius 2 is 2.17 bits per heavy atom. The van der Waals surface area contributed by atoms with Crippen molar-refractivity contribution in [2.24, 2.45) is 0 Å². The second-order valence-electron chi connectivity index (χ2n) is 1.41. The lowest BCUT2D eigenvalue weighted by Crippen LogP contribution is -2.10. The molecular formula is C5H8N. The Hall–Kier alpha value is -0.480. The number of rotatable bonds is 1. The smallest absolute Gasteiger partial charge is 0.0606 e. The first-order valence-corrected chi connectivity index (χ1v) is 1.81. The molecule has 0 aromatic heterocycles. The van der Waals surface area contributed by atoms with Crippen LogP contribution >= 0.6 is 0 Å². The van der Waals surface area contributed by atoms with E-state index in [0.717, 1.165) is 0 Å². The van der Waals surface area contributed by atoms with Gasteiger partial charge in [0, 0.05) is 0 Å². The normalized spacial score (nSPS) is 8.33. The summed E-state index contributed by atoms with van der Waals surface area (Å²) in [5.74, 6) is 2.24. The van der Waals surface area contributed by atoms with Crippen LogP contribution in [0.4, 0.5) is 0 Å². The quantitative estimate of drug-likeness (QED) is 0.407. The summed E-state index contributed by atoms with van der Waals surface area (Å²) >= 11 is 0. The summed E-state index contributed by atoms with van der Waals surface area (Å²) in [7, 11) is 3.81. The van der Waals surface area contributed by atoms with Gasteiger partial charge >= 0.3 is 0 Å². The van der Waals surface area contributed by atoms with Gasteiger partial charge in [0.05, 0.1) is 6.54 Å². The first kappa shape index (κ1) is 5.52. The topological polar surface area (TPSA) is 3.24 Å². The average Bonchev–Trinajstić information content (AvgIpc) is 1.35. The molecule has 0 rings (SSSR count). The minimum Gasteiger partial charge on any atom is -0.298 e. The minimum absolute atomic E-state index is 0.625. The first-order chi connectivity index (χ1) is 2.77. The maximum Gasteiger partial charge on any atom is 0.0606 e. The molecule has 0 aromatic carbocycles. The summed E-state index contributed by atoms with van der Waals surface area (Å²) in [6.45, 7) is 0.625. The van der Waals surface area contributed by atoms with E-state index < -0.39 is 0 Å². The highest BCUT2D eigenvalue weighted by atomic mass is 15.0. The van der Waals surface area contributed by atoms with Crippen LogP contribution in [0.2, 0.25) is 0 Å². The molecule has 0 atom stereocenters. The second-order valence-corrected chi connectivity index (χ2v) is 1.41. The van der Waals surface area contributed by atoms with Gasteiger partial charge in [0.2, 0.25) is 0 Å². The molecule has 0 aliphatic rings. The average molecular weight is 82.1 g/mol. The fourth-order valence-corrected chi connectivity index (χ4v) is 0.158. The molecule has 0 fully saturated rings. The third-order valence-electron chi connectivity index (χ3n) is 0.395. The molecule has 1 heteroatoms. The molecule has 0 spiro atoms. The van der Waals surface area contributed by atoms with Crippen LogP contribution in [-0.4, -0.2) is 25.5 Å². The lowest BCUT2D eigenvalue weighted by atomic mass is 10.6. The van der Waals surface area contributed by atoms with Crippen molar-refractivity contribution in [3.8, 4) is 5.92 Å². The van der Waals surface area contributed by atoms with Crippen molar-refractivity contribution in [1.29, 1.82) is 0 Å². The van der Waals surface area contributed by atoms with Crippen molar-refractivity contribution in [2.45, 2.75) is 0 Å². The lowest BCUT2D eigenvalue weighted by Gasteiger charge is -1.99. The molecule has 6 heavy (non-hydrogen) atoms. The Balaban J connectivity index is 2.88. The molecule has 0 aromatic rings. The van der Waals surface area contributed by atoms with E-state index in [2.05, 4.69) is 5.92 Å². The van der Waals surface area contributed by atoms with Gasteiger partial charge in [0.15, 0.2) is 0 Å². The van der Waals surface area contributed by atoms with Crippen LogP contribution < -0.4 is 0 Å². The lowest BCUT2D eigenvalue weighted by molar-refractivity contribution is 0.463. The Bertz CT molecular complexity index is 58.8. The van der Waals surface area contributed by atoms with Gasteiger partial charge in [-0.25, -0.2) is 0 Å². The third kappa shape index (κ3) is 3.52. The Morgan fingerprint density at radius 3 is 2.17 bits per heavy atom. The number of nitrogens with zero attached hydrogens (tertiary/aromatic N) is 1. The molecule has 0 aliphatic carbocycles. The molecule has 1 radical (unpaired) electrons. The molecular weight excluding hydrogens is 74.1 g/mol. The van der Waals surface area contributed by atoms with Crippen LogP contribution in [0.25, 0.3) is 0 Å². The van der Waals surface area contributed by atoms with Crippen LogP contribution in [0.3, 0.4) is 0 Å². The molecule has 0 heterocycles. The highest BCUT2D eigenvalue weighted by Gasteiger charge is 1.76. The Labute approximate surface area is 39.0 Å². The van der Waals surface area contributed by atoms with Gasteiger partial charge in [0.25, 0.3) is 0 Å². The van der Waals surface area contributed by atoms with Crippen molar-refractivity contribution in [2.75, 3.05) is 20.6 Å². The van der Waals surface area contributed by atoms with Crippen molar-refractivity contribution >= 4 is 0 Å². The van der Waals surface area contributed by atoms with Crippen LogP contribution in [0.15, 0.2) is 0 Å². The molecule has 0 amide bonds. The zero-order valence-electron chi connectivity index (χ0n) is 4.15. The van der Waals surface area contributed by atoms with Gasteiger partial charge in [0.1, 0.15) is 0 Å². The first-order valence-electron chi connectivity index (χ1n) is 1.81. The van der Waals surface area contributed by atoms with E-state index >= 15 is 0 Å². The highest BCUT2D eigenvalue weighted by Crippen LogP contribution is 1.64. The molecule has 33 valence electrons. The van der Waals surface area contributed by atoms with E-state index in [9.17, 15) is 0 Å². The van der Waals surface area contributed by atoms with E-state index in [0.29, 0.717) is 6.54 Å². The molecule has 0 aliphatic heterocycles. The maximum atomic E-state index is 6.44. The highest BCUT2D eigenvalue weighted by molar-refractivity contribution is 4.77. The molecule has 0 saturated carbocycles. The minimum atomic E-state index is 0.625. The molecule has 1 nitrogen and oxygen atoms in total. The fourth-order valence-electron chi connectivity index (χ4n) is 0.158. The van der Waals surface area contributed by atoms with E-state index in [-0.39, 0.29) is 0 Å². The van der Waals surface area contributed by atoms with Gasteiger partial charge < -0.3 is 0 Å². The van der Waals surface area contributed by atoms with E-state index in [1.54, 1.807) is 0 Å². The standard InChI is InChI=1S/C5H8N/c1-4-5-6(2)3/h5H2,2-3H3. The van der Waals surface area contributed by atoms with Crippen molar-refractivity contribution in [1.82, 2.24) is 4.90 Å². The second kappa shape index (κ2) is 2.74. The summed E-state index contributed by atoms with van der Waals surface area (Å²) in [5.41, 5.74) is 0.